The van der Waals surface area contributed by atoms with Crippen molar-refractivity contribution in [3.05, 3.63) is 47.8 Å². The van der Waals surface area contributed by atoms with Gasteiger partial charge in [-0.3, -0.25) is 4.68 Å². The van der Waals surface area contributed by atoms with E-state index in [9.17, 15) is 0 Å². The van der Waals surface area contributed by atoms with Gasteiger partial charge in [0.25, 0.3) is 0 Å². The summed E-state index contributed by atoms with van der Waals surface area (Å²) in [7, 11) is 0. The summed E-state index contributed by atoms with van der Waals surface area (Å²) >= 11 is 0. The summed E-state index contributed by atoms with van der Waals surface area (Å²) < 4.78 is 1.77. The Bertz CT molecular complexity index is 575. The molecular formula is C16H21N3O. The molecule has 3 rings (SSSR count). The minimum atomic E-state index is 0.116. The molecule has 0 bridgehead atoms. The summed E-state index contributed by atoms with van der Waals surface area (Å²) in [5, 5.41) is 16.8. The number of anilines is 1. The van der Waals surface area contributed by atoms with Crippen LogP contribution in [-0.4, -0.2) is 21.5 Å². The molecule has 1 fully saturated rings. The van der Waals surface area contributed by atoms with Gasteiger partial charge in [0.1, 0.15) is 0 Å². The van der Waals surface area contributed by atoms with Crippen LogP contribution in [0.3, 0.4) is 0 Å². The Morgan fingerprint density at radius 1 is 1.40 bits per heavy atom. The van der Waals surface area contributed by atoms with Crippen molar-refractivity contribution in [2.24, 2.45) is 5.92 Å². The molecule has 1 unspecified atom stereocenters. The Balaban J connectivity index is 1.79. The summed E-state index contributed by atoms with van der Waals surface area (Å²) in [6.45, 7) is 2.83. The van der Waals surface area contributed by atoms with Gasteiger partial charge in [0.2, 0.25) is 0 Å². The Morgan fingerprint density at radius 3 is 2.90 bits per heavy atom. The lowest BCUT2D eigenvalue weighted by atomic mass is 9.97. The van der Waals surface area contributed by atoms with E-state index >= 15 is 0 Å². The molecule has 0 amide bonds. The van der Waals surface area contributed by atoms with E-state index in [1.165, 1.54) is 24.0 Å². The number of hydrogen-bond donors (Lipinski definition) is 2. The Labute approximate surface area is 119 Å². The molecule has 1 aliphatic rings. The second kappa shape index (κ2) is 5.67. The van der Waals surface area contributed by atoms with Crippen LogP contribution in [0.2, 0.25) is 0 Å². The van der Waals surface area contributed by atoms with Crippen molar-refractivity contribution < 1.29 is 5.11 Å². The number of nitrogens with zero attached hydrogens (tertiary/aromatic N) is 2. The highest BCUT2D eigenvalue weighted by atomic mass is 16.3. The van der Waals surface area contributed by atoms with E-state index in [1.807, 2.05) is 12.4 Å². The van der Waals surface area contributed by atoms with Gasteiger partial charge in [-0.1, -0.05) is 24.3 Å². The number of aliphatic hydroxyl groups excluding tert-OH is 1. The Morgan fingerprint density at radius 2 is 2.20 bits per heavy atom. The third-order valence-electron chi connectivity index (χ3n) is 3.90. The van der Waals surface area contributed by atoms with Crippen molar-refractivity contribution in [2.45, 2.75) is 32.4 Å². The standard InChI is InChI=1S/C16H21N3O/c1-12-4-2-3-5-15(12)16(13-6-7-13)18-14-10-17-19(11-14)8-9-20/h2-5,10-11,13,16,18,20H,6-9H2,1H3. The number of aromatic nitrogens is 2. The Kier molecular flexibility index (Phi) is 3.74. The van der Waals surface area contributed by atoms with Gasteiger partial charge in [0, 0.05) is 6.20 Å². The molecule has 2 aromatic rings. The average molecular weight is 271 g/mol. The zero-order valence-electron chi connectivity index (χ0n) is 11.8. The normalized spacial score (nSPS) is 16.1. The summed E-state index contributed by atoms with van der Waals surface area (Å²) in [4.78, 5) is 0. The van der Waals surface area contributed by atoms with Gasteiger partial charge in [0.05, 0.1) is 31.1 Å². The van der Waals surface area contributed by atoms with E-state index in [0.29, 0.717) is 12.6 Å². The van der Waals surface area contributed by atoms with Gasteiger partial charge >= 0.3 is 0 Å². The van der Waals surface area contributed by atoms with Gasteiger partial charge in [-0.2, -0.15) is 5.10 Å². The molecule has 1 heterocycles. The predicted octanol–water partition coefficient (Wildman–Crippen LogP) is 2.75. The molecule has 0 spiro atoms. The smallest absolute Gasteiger partial charge is 0.0731 e. The summed E-state index contributed by atoms with van der Waals surface area (Å²) in [6, 6.07) is 8.93. The first-order valence-electron chi connectivity index (χ1n) is 7.23. The van der Waals surface area contributed by atoms with E-state index in [-0.39, 0.29) is 6.61 Å². The van der Waals surface area contributed by atoms with Gasteiger partial charge in [-0.15, -0.1) is 0 Å². The van der Waals surface area contributed by atoms with Crippen LogP contribution in [0, 0.1) is 12.8 Å². The average Bonchev–Trinajstić information content (AvgIpc) is 3.19. The van der Waals surface area contributed by atoms with Crippen LogP contribution in [0.5, 0.6) is 0 Å². The molecule has 1 saturated carbocycles. The van der Waals surface area contributed by atoms with Gasteiger partial charge in [0.15, 0.2) is 0 Å². The molecule has 1 aromatic carbocycles. The molecule has 0 saturated heterocycles. The van der Waals surface area contributed by atoms with Crippen LogP contribution in [0.1, 0.15) is 30.0 Å². The van der Waals surface area contributed by atoms with Gasteiger partial charge in [-0.25, -0.2) is 0 Å². The molecular weight excluding hydrogens is 250 g/mol. The number of aliphatic hydroxyl groups is 1. The first-order valence-corrected chi connectivity index (χ1v) is 7.23. The molecule has 20 heavy (non-hydrogen) atoms. The number of rotatable bonds is 6. The monoisotopic (exact) mass is 271 g/mol. The Hall–Kier alpha value is -1.81. The highest BCUT2D eigenvalue weighted by molar-refractivity contribution is 5.44. The maximum absolute atomic E-state index is 8.94. The first kappa shape index (κ1) is 13.2. The maximum Gasteiger partial charge on any atom is 0.0731 e. The van der Waals surface area contributed by atoms with Crippen LogP contribution >= 0.6 is 0 Å². The lowest BCUT2D eigenvalue weighted by molar-refractivity contribution is 0.269. The fraction of sp³-hybridized carbons (Fsp3) is 0.438. The molecule has 0 radical (unpaired) electrons. The van der Waals surface area contributed by atoms with E-state index in [4.69, 9.17) is 5.11 Å². The third kappa shape index (κ3) is 2.85. The van der Waals surface area contributed by atoms with E-state index in [1.54, 1.807) is 4.68 Å². The topological polar surface area (TPSA) is 50.1 Å². The molecule has 0 aliphatic heterocycles. The van der Waals surface area contributed by atoms with Gasteiger partial charge < -0.3 is 10.4 Å². The molecule has 2 N–H and O–H groups in total. The van der Waals surface area contributed by atoms with Crippen molar-refractivity contribution >= 4 is 5.69 Å². The van der Waals surface area contributed by atoms with Crippen molar-refractivity contribution in [1.29, 1.82) is 0 Å². The predicted molar refractivity (Wildman–Crippen MR) is 79.6 cm³/mol. The lowest BCUT2D eigenvalue weighted by Crippen LogP contribution is -2.13. The lowest BCUT2D eigenvalue weighted by Gasteiger charge is -2.20. The van der Waals surface area contributed by atoms with Crippen molar-refractivity contribution in [3.8, 4) is 0 Å². The summed E-state index contributed by atoms with van der Waals surface area (Å²) in [5.74, 6) is 0.720. The highest BCUT2D eigenvalue weighted by Gasteiger charge is 2.33. The fourth-order valence-corrected chi connectivity index (χ4v) is 2.66. The minimum Gasteiger partial charge on any atom is -0.394 e. The van der Waals surface area contributed by atoms with Crippen LogP contribution < -0.4 is 5.32 Å². The van der Waals surface area contributed by atoms with Crippen LogP contribution in [0.25, 0.3) is 0 Å². The molecule has 1 aliphatic carbocycles. The SMILES string of the molecule is Cc1ccccc1C(Nc1cnn(CCO)c1)C1CC1. The summed E-state index contributed by atoms with van der Waals surface area (Å²) in [6.07, 6.45) is 6.38. The van der Waals surface area contributed by atoms with Crippen molar-refractivity contribution in [1.82, 2.24) is 9.78 Å². The highest BCUT2D eigenvalue weighted by Crippen LogP contribution is 2.43. The van der Waals surface area contributed by atoms with Crippen molar-refractivity contribution in [3.63, 3.8) is 0 Å². The van der Waals surface area contributed by atoms with Crippen LogP contribution in [0.4, 0.5) is 5.69 Å². The third-order valence-corrected chi connectivity index (χ3v) is 3.90. The van der Waals surface area contributed by atoms with Crippen molar-refractivity contribution in [2.75, 3.05) is 11.9 Å². The molecule has 1 atom stereocenters. The molecule has 4 heteroatoms. The molecule has 106 valence electrons. The van der Waals surface area contributed by atoms with Crippen LogP contribution in [0.15, 0.2) is 36.7 Å². The zero-order chi connectivity index (χ0) is 13.9. The quantitative estimate of drug-likeness (QED) is 0.849. The fourth-order valence-electron chi connectivity index (χ4n) is 2.66. The first-order chi connectivity index (χ1) is 9.78. The largest absolute Gasteiger partial charge is 0.394 e. The second-order valence-corrected chi connectivity index (χ2v) is 5.53. The zero-order valence-corrected chi connectivity index (χ0v) is 11.8. The minimum absolute atomic E-state index is 0.116. The number of aryl methyl sites for hydroxylation is 1. The number of benzene rings is 1. The molecule has 4 nitrogen and oxygen atoms in total. The van der Waals surface area contributed by atoms with Crippen LogP contribution in [-0.2, 0) is 6.54 Å². The number of nitrogens with one attached hydrogen (secondary N) is 1. The molecule has 1 aromatic heterocycles. The summed E-state index contributed by atoms with van der Waals surface area (Å²) in [5.41, 5.74) is 3.74. The maximum atomic E-state index is 8.94. The van der Waals surface area contributed by atoms with E-state index < -0.39 is 0 Å². The van der Waals surface area contributed by atoms with Gasteiger partial charge in [-0.05, 0) is 36.8 Å². The van der Waals surface area contributed by atoms with E-state index in [0.717, 1.165) is 11.6 Å². The number of hydrogen-bond acceptors (Lipinski definition) is 3. The second-order valence-electron chi connectivity index (χ2n) is 5.53. The van der Waals surface area contributed by atoms with E-state index in [2.05, 4.69) is 41.6 Å².